The highest BCUT2D eigenvalue weighted by atomic mass is 35.5. The summed E-state index contributed by atoms with van der Waals surface area (Å²) in [4.78, 5) is 0. The van der Waals surface area contributed by atoms with Crippen LogP contribution in [0.4, 0.5) is 0 Å². The summed E-state index contributed by atoms with van der Waals surface area (Å²) < 4.78 is 5.94. The Labute approximate surface area is 161 Å². The maximum Gasteiger partial charge on any atom is 0.127 e. The Kier molecular flexibility index (Phi) is 6.35. The second kappa shape index (κ2) is 8.91. The predicted molar refractivity (Wildman–Crippen MR) is 110 cm³/mol. The van der Waals surface area contributed by atoms with Crippen LogP contribution in [-0.4, -0.2) is 0 Å². The molecule has 1 radical (unpaired) electrons. The molecule has 0 heterocycles. The molecule has 0 N–H and O–H groups in total. The van der Waals surface area contributed by atoms with E-state index < -0.39 is 0 Å². The van der Waals surface area contributed by atoms with Crippen molar-refractivity contribution in [1.82, 2.24) is 0 Å². The third-order valence-electron chi connectivity index (χ3n) is 4.46. The van der Waals surface area contributed by atoms with Gasteiger partial charge in [0.15, 0.2) is 0 Å². The van der Waals surface area contributed by atoms with Gasteiger partial charge in [-0.3, -0.25) is 0 Å². The van der Waals surface area contributed by atoms with E-state index in [1.54, 1.807) is 0 Å². The van der Waals surface area contributed by atoms with Crippen molar-refractivity contribution in [2.75, 3.05) is 0 Å². The molecule has 0 saturated heterocycles. The standard InChI is InChI=1S/C24H24ClO/c1-18(2)24(20-12-14-21(25)15-13-20)16-11-19-7-6-10-23(17-19)26-22-8-4-3-5-9-22/h3-10,12-18,24H,11H2,1-2H3. The topological polar surface area (TPSA) is 9.23 Å². The Morgan fingerprint density at radius 2 is 1.54 bits per heavy atom. The van der Waals surface area contributed by atoms with Crippen LogP contribution >= 0.6 is 11.6 Å². The van der Waals surface area contributed by atoms with Crippen molar-refractivity contribution in [3.05, 3.63) is 101 Å². The van der Waals surface area contributed by atoms with E-state index in [1.807, 2.05) is 54.6 Å². The molecule has 3 rings (SSSR count). The Morgan fingerprint density at radius 1 is 0.846 bits per heavy atom. The summed E-state index contributed by atoms with van der Waals surface area (Å²) in [5, 5.41) is 0.780. The van der Waals surface area contributed by atoms with Gasteiger partial charge in [-0.05, 0) is 72.2 Å². The van der Waals surface area contributed by atoms with E-state index in [9.17, 15) is 0 Å². The highest BCUT2D eigenvalue weighted by Crippen LogP contribution is 2.30. The fourth-order valence-corrected chi connectivity index (χ4v) is 3.23. The minimum atomic E-state index is 0.394. The molecular weight excluding hydrogens is 340 g/mol. The summed E-state index contributed by atoms with van der Waals surface area (Å²) in [5.41, 5.74) is 2.55. The first-order valence-electron chi connectivity index (χ1n) is 9.02. The zero-order valence-electron chi connectivity index (χ0n) is 15.2. The molecule has 0 bridgehead atoms. The van der Waals surface area contributed by atoms with E-state index in [4.69, 9.17) is 16.3 Å². The molecule has 0 saturated carbocycles. The fourth-order valence-electron chi connectivity index (χ4n) is 3.10. The molecule has 1 unspecified atom stereocenters. The Bertz CT molecular complexity index is 809. The first-order valence-corrected chi connectivity index (χ1v) is 9.40. The molecule has 2 heteroatoms. The van der Waals surface area contributed by atoms with E-state index in [-0.39, 0.29) is 0 Å². The van der Waals surface area contributed by atoms with Crippen LogP contribution < -0.4 is 4.74 Å². The average Bonchev–Trinajstić information content (AvgIpc) is 2.64. The summed E-state index contributed by atoms with van der Waals surface area (Å²) in [6.07, 6.45) is 3.28. The molecule has 0 amide bonds. The Hall–Kier alpha value is -2.25. The van der Waals surface area contributed by atoms with Crippen molar-refractivity contribution in [2.45, 2.75) is 26.2 Å². The second-order valence-electron chi connectivity index (χ2n) is 6.82. The average molecular weight is 364 g/mol. The molecule has 0 aliphatic rings. The van der Waals surface area contributed by atoms with Crippen LogP contribution in [-0.2, 0) is 6.42 Å². The summed E-state index contributed by atoms with van der Waals surface area (Å²) in [7, 11) is 0. The van der Waals surface area contributed by atoms with Crippen LogP contribution in [0.5, 0.6) is 11.5 Å². The van der Waals surface area contributed by atoms with Gasteiger partial charge < -0.3 is 4.74 Å². The van der Waals surface area contributed by atoms with Crippen LogP contribution in [0.1, 0.15) is 30.9 Å². The lowest BCUT2D eigenvalue weighted by atomic mass is 9.84. The molecule has 3 aromatic rings. The minimum absolute atomic E-state index is 0.394. The van der Waals surface area contributed by atoms with Crippen LogP contribution in [0.25, 0.3) is 0 Å². The molecule has 133 valence electrons. The molecule has 0 fully saturated rings. The fraction of sp³-hybridized carbons (Fsp3) is 0.208. The number of hydrogen-bond acceptors (Lipinski definition) is 1. The zero-order chi connectivity index (χ0) is 18.4. The maximum atomic E-state index is 6.03. The van der Waals surface area contributed by atoms with Gasteiger partial charge in [-0.1, -0.05) is 67.9 Å². The quantitative estimate of drug-likeness (QED) is 0.427. The van der Waals surface area contributed by atoms with E-state index in [1.165, 1.54) is 11.1 Å². The van der Waals surface area contributed by atoms with Crippen LogP contribution in [0.15, 0.2) is 78.9 Å². The molecule has 1 atom stereocenters. The number of halogens is 1. The van der Waals surface area contributed by atoms with Crippen LogP contribution in [0, 0.1) is 12.3 Å². The van der Waals surface area contributed by atoms with Crippen molar-refractivity contribution in [3.8, 4) is 11.5 Å². The third-order valence-corrected chi connectivity index (χ3v) is 4.71. The monoisotopic (exact) mass is 363 g/mol. The van der Waals surface area contributed by atoms with Gasteiger partial charge in [-0.25, -0.2) is 0 Å². The summed E-state index contributed by atoms with van der Waals surface area (Å²) >= 11 is 6.03. The van der Waals surface area contributed by atoms with Gasteiger partial charge >= 0.3 is 0 Å². The number of hydrogen-bond donors (Lipinski definition) is 0. The van der Waals surface area contributed by atoms with Crippen molar-refractivity contribution in [1.29, 1.82) is 0 Å². The van der Waals surface area contributed by atoms with E-state index in [0.29, 0.717) is 11.8 Å². The highest BCUT2D eigenvalue weighted by molar-refractivity contribution is 6.30. The van der Waals surface area contributed by atoms with Crippen LogP contribution in [0.2, 0.25) is 5.02 Å². The second-order valence-corrected chi connectivity index (χ2v) is 7.26. The Morgan fingerprint density at radius 3 is 2.23 bits per heavy atom. The van der Waals surface area contributed by atoms with Gasteiger partial charge in [0.1, 0.15) is 11.5 Å². The van der Waals surface area contributed by atoms with E-state index >= 15 is 0 Å². The number of benzene rings is 3. The largest absolute Gasteiger partial charge is 0.457 e. The first-order chi connectivity index (χ1) is 12.6. The van der Waals surface area contributed by atoms with Gasteiger partial charge in [0, 0.05) is 5.02 Å². The Balaban J connectivity index is 1.68. The van der Waals surface area contributed by atoms with Gasteiger partial charge in [-0.15, -0.1) is 0 Å². The van der Waals surface area contributed by atoms with Gasteiger partial charge in [0.2, 0.25) is 0 Å². The first kappa shape index (κ1) is 18.5. The van der Waals surface area contributed by atoms with Crippen molar-refractivity contribution in [2.24, 2.45) is 5.92 Å². The van der Waals surface area contributed by atoms with E-state index in [0.717, 1.165) is 22.9 Å². The molecule has 0 aromatic heterocycles. The van der Waals surface area contributed by atoms with Crippen LogP contribution in [0.3, 0.4) is 0 Å². The van der Waals surface area contributed by atoms with Crippen molar-refractivity contribution >= 4 is 11.6 Å². The van der Waals surface area contributed by atoms with Gasteiger partial charge in [-0.2, -0.15) is 0 Å². The molecule has 0 aliphatic heterocycles. The summed E-state index contributed by atoms with van der Waals surface area (Å²) in [6.45, 7) is 4.51. The third kappa shape index (κ3) is 5.12. The maximum absolute atomic E-state index is 6.03. The summed E-state index contributed by atoms with van der Waals surface area (Å²) in [6, 6.07) is 26.4. The zero-order valence-corrected chi connectivity index (χ0v) is 16.0. The highest BCUT2D eigenvalue weighted by Gasteiger charge is 2.16. The summed E-state index contributed by atoms with van der Waals surface area (Å²) in [5.74, 6) is 2.65. The molecule has 1 nitrogen and oxygen atoms in total. The lowest BCUT2D eigenvalue weighted by Gasteiger charge is -2.21. The van der Waals surface area contributed by atoms with Gasteiger partial charge in [0.05, 0.1) is 0 Å². The number of ether oxygens (including phenoxy) is 1. The van der Waals surface area contributed by atoms with Gasteiger partial charge in [0.25, 0.3) is 0 Å². The molecule has 26 heavy (non-hydrogen) atoms. The normalized spacial score (nSPS) is 12.2. The van der Waals surface area contributed by atoms with Crippen molar-refractivity contribution in [3.63, 3.8) is 0 Å². The lowest BCUT2D eigenvalue weighted by molar-refractivity contribution is 0.482. The van der Waals surface area contributed by atoms with Crippen molar-refractivity contribution < 1.29 is 4.74 Å². The predicted octanol–water partition coefficient (Wildman–Crippen LogP) is 7.32. The molecule has 0 spiro atoms. The molecule has 0 aliphatic carbocycles. The smallest absolute Gasteiger partial charge is 0.127 e. The van der Waals surface area contributed by atoms with E-state index in [2.05, 4.69) is 44.5 Å². The number of para-hydroxylation sites is 1. The molecule has 3 aromatic carbocycles. The number of rotatable bonds is 7. The SMILES string of the molecule is CC(C)C([CH]Cc1cccc(Oc2ccccc2)c1)c1ccc(Cl)cc1. The lowest BCUT2D eigenvalue weighted by Crippen LogP contribution is -2.09. The molecular formula is C24H24ClO. The minimum Gasteiger partial charge on any atom is -0.457 e.